The summed E-state index contributed by atoms with van der Waals surface area (Å²) >= 11 is 1.55. The van der Waals surface area contributed by atoms with Crippen LogP contribution in [0, 0.1) is 10.1 Å². The van der Waals surface area contributed by atoms with Gasteiger partial charge in [0.25, 0.3) is 5.69 Å². The summed E-state index contributed by atoms with van der Waals surface area (Å²) in [6, 6.07) is 8.77. The molecule has 1 aromatic carbocycles. The van der Waals surface area contributed by atoms with Crippen LogP contribution in [0.15, 0.2) is 46.7 Å². The van der Waals surface area contributed by atoms with Crippen LogP contribution in [0.3, 0.4) is 0 Å². The normalized spacial score (nSPS) is 19.4. The van der Waals surface area contributed by atoms with Crippen LogP contribution in [-0.2, 0) is 10.0 Å². The molecular formula is C14H14N2O4S2. The predicted octanol–water partition coefficient (Wildman–Crippen LogP) is 3.18. The Balaban J connectivity index is 1.93. The van der Waals surface area contributed by atoms with Crippen molar-refractivity contribution in [2.75, 3.05) is 6.54 Å². The second kappa shape index (κ2) is 5.79. The number of sulfonamides is 1. The molecule has 1 atom stereocenters. The molecule has 1 saturated heterocycles. The van der Waals surface area contributed by atoms with Gasteiger partial charge in [0.05, 0.1) is 15.9 Å². The molecule has 6 nitrogen and oxygen atoms in total. The van der Waals surface area contributed by atoms with Gasteiger partial charge in [0.15, 0.2) is 0 Å². The Morgan fingerprint density at radius 2 is 1.95 bits per heavy atom. The summed E-state index contributed by atoms with van der Waals surface area (Å²) in [7, 11) is -3.64. The molecule has 0 aliphatic carbocycles. The van der Waals surface area contributed by atoms with Crippen molar-refractivity contribution < 1.29 is 13.3 Å². The van der Waals surface area contributed by atoms with Gasteiger partial charge < -0.3 is 0 Å². The Morgan fingerprint density at radius 1 is 1.23 bits per heavy atom. The molecule has 8 heteroatoms. The Hall–Kier alpha value is -1.77. The largest absolute Gasteiger partial charge is 0.269 e. The van der Waals surface area contributed by atoms with Gasteiger partial charge in [-0.3, -0.25) is 10.1 Å². The lowest BCUT2D eigenvalue weighted by molar-refractivity contribution is -0.384. The topological polar surface area (TPSA) is 80.5 Å². The second-order valence-electron chi connectivity index (χ2n) is 5.04. The van der Waals surface area contributed by atoms with E-state index in [0.29, 0.717) is 6.54 Å². The van der Waals surface area contributed by atoms with Gasteiger partial charge in [0, 0.05) is 23.6 Å². The average Bonchev–Trinajstić information content (AvgIpc) is 3.18. The van der Waals surface area contributed by atoms with Crippen LogP contribution in [0.1, 0.15) is 23.8 Å². The number of thiophene rings is 1. The quantitative estimate of drug-likeness (QED) is 0.633. The second-order valence-corrected chi connectivity index (χ2v) is 7.91. The van der Waals surface area contributed by atoms with Gasteiger partial charge in [-0.05, 0) is 36.4 Å². The van der Waals surface area contributed by atoms with Crippen LogP contribution in [-0.4, -0.2) is 24.2 Å². The summed E-state index contributed by atoms with van der Waals surface area (Å²) in [5.41, 5.74) is -0.116. The third-order valence-corrected chi connectivity index (χ3v) is 6.63. The van der Waals surface area contributed by atoms with Crippen molar-refractivity contribution in [3.63, 3.8) is 0 Å². The molecule has 1 aromatic heterocycles. The van der Waals surface area contributed by atoms with E-state index in [-0.39, 0.29) is 16.6 Å². The highest BCUT2D eigenvalue weighted by Crippen LogP contribution is 2.38. The zero-order chi connectivity index (χ0) is 15.7. The summed E-state index contributed by atoms with van der Waals surface area (Å²) in [6.07, 6.45) is 1.61. The van der Waals surface area contributed by atoms with Crippen molar-refractivity contribution in [3.8, 4) is 0 Å². The number of nitrogens with zero attached hydrogens (tertiary/aromatic N) is 2. The lowest BCUT2D eigenvalue weighted by Crippen LogP contribution is -2.30. The molecule has 0 unspecified atom stereocenters. The van der Waals surface area contributed by atoms with Crippen molar-refractivity contribution in [1.82, 2.24) is 4.31 Å². The van der Waals surface area contributed by atoms with Crippen LogP contribution < -0.4 is 0 Å². The molecule has 1 aliphatic heterocycles. The molecular weight excluding hydrogens is 324 g/mol. The molecule has 0 bridgehead atoms. The standard InChI is InChI=1S/C14H14N2O4S2/c17-16(18)11-5-7-12(8-6-11)22(19,20)15-9-1-3-13(15)14-4-2-10-21-14/h2,4-8,10,13H,1,3,9H2/t13-/m0/s1. The molecule has 0 amide bonds. The zero-order valence-electron chi connectivity index (χ0n) is 11.6. The van der Waals surface area contributed by atoms with Crippen LogP contribution in [0.4, 0.5) is 5.69 Å². The predicted molar refractivity (Wildman–Crippen MR) is 83.3 cm³/mol. The minimum absolute atomic E-state index is 0.0987. The van der Waals surface area contributed by atoms with E-state index in [2.05, 4.69) is 0 Å². The van der Waals surface area contributed by atoms with Gasteiger partial charge in [-0.1, -0.05) is 6.07 Å². The van der Waals surface area contributed by atoms with E-state index in [9.17, 15) is 18.5 Å². The molecule has 1 fully saturated rings. The van der Waals surface area contributed by atoms with E-state index in [1.54, 1.807) is 11.3 Å². The van der Waals surface area contributed by atoms with E-state index in [4.69, 9.17) is 0 Å². The highest BCUT2D eigenvalue weighted by molar-refractivity contribution is 7.89. The number of benzene rings is 1. The van der Waals surface area contributed by atoms with E-state index in [1.165, 1.54) is 28.6 Å². The van der Waals surface area contributed by atoms with Gasteiger partial charge in [0.2, 0.25) is 10.0 Å². The van der Waals surface area contributed by atoms with E-state index >= 15 is 0 Å². The van der Waals surface area contributed by atoms with Crippen molar-refractivity contribution in [2.24, 2.45) is 0 Å². The first-order valence-electron chi connectivity index (χ1n) is 6.80. The third kappa shape index (κ3) is 2.65. The van der Waals surface area contributed by atoms with E-state index in [1.807, 2.05) is 17.5 Å². The van der Waals surface area contributed by atoms with Gasteiger partial charge in [0.1, 0.15) is 0 Å². The first-order valence-corrected chi connectivity index (χ1v) is 9.12. The van der Waals surface area contributed by atoms with Crippen LogP contribution in [0.5, 0.6) is 0 Å². The molecule has 0 radical (unpaired) electrons. The Labute approximate surface area is 132 Å². The van der Waals surface area contributed by atoms with E-state index in [0.717, 1.165) is 17.7 Å². The molecule has 2 heterocycles. The number of non-ortho nitro benzene ring substituents is 1. The summed E-state index contributed by atoms with van der Waals surface area (Å²) in [5, 5.41) is 12.6. The number of hydrogen-bond acceptors (Lipinski definition) is 5. The minimum atomic E-state index is -3.64. The number of rotatable bonds is 4. The maximum Gasteiger partial charge on any atom is 0.269 e. The van der Waals surface area contributed by atoms with Crippen molar-refractivity contribution >= 4 is 27.0 Å². The number of hydrogen-bond donors (Lipinski definition) is 0. The average molecular weight is 338 g/mol. The number of nitro groups is 1. The fourth-order valence-corrected chi connectivity index (χ4v) is 5.28. The lowest BCUT2D eigenvalue weighted by Gasteiger charge is -2.23. The van der Waals surface area contributed by atoms with Crippen LogP contribution in [0.25, 0.3) is 0 Å². The summed E-state index contributed by atoms with van der Waals surface area (Å²) in [5.74, 6) is 0. The van der Waals surface area contributed by atoms with Crippen molar-refractivity contribution in [3.05, 3.63) is 56.8 Å². The smallest absolute Gasteiger partial charge is 0.258 e. The van der Waals surface area contributed by atoms with Gasteiger partial charge in [-0.2, -0.15) is 4.31 Å². The van der Waals surface area contributed by atoms with Crippen molar-refractivity contribution in [2.45, 2.75) is 23.8 Å². The Morgan fingerprint density at radius 3 is 2.55 bits per heavy atom. The zero-order valence-corrected chi connectivity index (χ0v) is 13.2. The molecule has 1 aliphatic rings. The molecule has 0 N–H and O–H groups in total. The van der Waals surface area contributed by atoms with Gasteiger partial charge in [-0.25, -0.2) is 8.42 Å². The third-order valence-electron chi connectivity index (χ3n) is 3.73. The maximum atomic E-state index is 12.8. The van der Waals surface area contributed by atoms with Gasteiger partial charge >= 0.3 is 0 Å². The summed E-state index contributed by atoms with van der Waals surface area (Å²) < 4.78 is 27.1. The highest BCUT2D eigenvalue weighted by Gasteiger charge is 2.36. The minimum Gasteiger partial charge on any atom is -0.258 e. The SMILES string of the molecule is O=[N+]([O-])c1ccc(S(=O)(=O)N2CCC[C@H]2c2cccs2)cc1. The lowest BCUT2D eigenvalue weighted by atomic mass is 10.2. The molecule has 22 heavy (non-hydrogen) atoms. The summed E-state index contributed by atoms with van der Waals surface area (Å²) in [4.78, 5) is 11.3. The van der Waals surface area contributed by atoms with Crippen LogP contribution in [0.2, 0.25) is 0 Å². The first-order chi connectivity index (χ1) is 10.5. The molecule has 0 saturated carbocycles. The molecule has 3 rings (SSSR count). The summed E-state index contributed by atoms with van der Waals surface area (Å²) in [6.45, 7) is 0.474. The Bertz CT molecular complexity index is 770. The van der Waals surface area contributed by atoms with Gasteiger partial charge in [-0.15, -0.1) is 11.3 Å². The fraction of sp³-hybridized carbons (Fsp3) is 0.286. The van der Waals surface area contributed by atoms with Crippen molar-refractivity contribution in [1.29, 1.82) is 0 Å². The molecule has 0 spiro atoms. The van der Waals surface area contributed by atoms with Crippen LogP contribution >= 0.6 is 11.3 Å². The fourth-order valence-electron chi connectivity index (χ4n) is 2.67. The van der Waals surface area contributed by atoms with E-state index < -0.39 is 14.9 Å². The molecule has 2 aromatic rings. The molecule has 116 valence electrons. The first kappa shape index (κ1) is 15.1. The Kier molecular flexibility index (Phi) is 3.98. The maximum absolute atomic E-state index is 12.8. The monoisotopic (exact) mass is 338 g/mol. The number of nitro benzene ring substituents is 1. The highest BCUT2D eigenvalue weighted by atomic mass is 32.2.